The fourth-order valence-electron chi connectivity index (χ4n) is 3.87. The second-order valence-electron chi connectivity index (χ2n) is 8.14. The SMILES string of the molecule is CN=C(NCCCCN1CCC(C(N)=O)CC1)NCCCOCC1CCOCC1.I. The van der Waals surface area contributed by atoms with Gasteiger partial charge < -0.3 is 30.7 Å². The maximum Gasteiger partial charge on any atom is 0.220 e. The largest absolute Gasteiger partial charge is 0.381 e. The quantitative estimate of drug-likeness (QED) is 0.151. The van der Waals surface area contributed by atoms with Crippen LogP contribution in [0, 0.1) is 11.8 Å². The summed E-state index contributed by atoms with van der Waals surface area (Å²) in [6.45, 7) is 8.24. The molecule has 2 fully saturated rings. The van der Waals surface area contributed by atoms with Crippen molar-refractivity contribution in [2.24, 2.45) is 22.6 Å². The van der Waals surface area contributed by atoms with E-state index in [0.717, 1.165) is 110 Å². The van der Waals surface area contributed by atoms with Gasteiger partial charge in [0.15, 0.2) is 5.96 Å². The number of amides is 1. The van der Waals surface area contributed by atoms with Crippen LogP contribution >= 0.6 is 24.0 Å². The molecular weight excluding hydrogens is 497 g/mol. The Morgan fingerprint density at radius 3 is 2.40 bits per heavy atom. The van der Waals surface area contributed by atoms with Gasteiger partial charge in [-0.2, -0.15) is 0 Å². The van der Waals surface area contributed by atoms with Crippen molar-refractivity contribution in [3.05, 3.63) is 0 Å². The van der Waals surface area contributed by atoms with E-state index in [-0.39, 0.29) is 35.8 Å². The smallest absolute Gasteiger partial charge is 0.220 e. The summed E-state index contributed by atoms with van der Waals surface area (Å²) in [5.41, 5.74) is 5.39. The van der Waals surface area contributed by atoms with Crippen molar-refractivity contribution < 1.29 is 14.3 Å². The van der Waals surface area contributed by atoms with Crippen LogP contribution in [0.1, 0.15) is 44.9 Å². The van der Waals surface area contributed by atoms with E-state index in [9.17, 15) is 4.79 Å². The lowest BCUT2D eigenvalue weighted by molar-refractivity contribution is -0.123. The minimum absolute atomic E-state index is 0. The van der Waals surface area contributed by atoms with E-state index in [1.807, 2.05) is 0 Å². The van der Waals surface area contributed by atoms with Crippen molar-refractivity contribution in [3.63, 3.8) is 0 Å². The maximum atomic E-state index is 11.2. The molecule has 1 amide bonds. The molecule has 2 aliphatic rings. The van der Waals surface area contributed by atoms with E-state index < -0.39 is 0 Å². The number of nitrogens with one attached hydrogen (secondary N) is 2. The van der Waals surface area contributed by atoms with E-state index in [2.05, 4.69) is 20.5 Å². The van der Waals surface area contributed by atoms with Gasteiger partial charge >= 0.3 is 0 Å². The van der Waals surface area contributed by atoms with Gasteiger partial charge in [0.2, 0.25) is 5.91 Å². The summed E-state index contributed by atoms with van der Waals surface area (Å²) in [5, 5.41) is 6.72. The lowest BCUT2D eigenvalue weighted by Crippen LogP contribution is -2.40. The first kappa shape index (κ1) is 27.4. The molecule has 0 spiro atoms. The predicted octanol–water partition coefficient (Wildman–Crippen LogP) is 1.58. The molecule has 0 unspecified atom stereocenters. The number of hydrogen-bond acceptors (Lipinski definition) is 5. The molecule has 8 nitrogen and oxygen atoms in total. The average molecular weight is 540 g/mol. The van der Waals surface area contributed by atoms with Gasteiger partial charge in [-0.05, 0) is 70.5 Å². The molecule has 0 bridgehead atoms. The Morgan fingerprint density at radius 2 is 1.77 bits per heavy atom. The van der Waals surface area contributed by atoms with Crippen molar-refractivity contribution in [2.75, 3.05) is 66.2 Å². The Labute approximate surface area is 199 Å². The van der Waals surface area contributed by atoms with Gasteiger partial charge in [-0.25, -0.2) is 0 Å². The number of rotatable bonds is 12. The van der Waals surface area contributed by atoms with Crippen molar-refractivity contribution in [1.82, 2.24) is 15.5 Å². The summed E-state index contributed by atoms with van der Waals surface area (Å²) in [5.74, 6) is 1.46. The van der Waals surface area contributed by atoms with Gasteiger partial charge in [0, 0.05) is 52.5 Å². The average Bonchev–Trinajstić information content (AvgIpc) is 2.75. The number of carbonyl (C=O) groups is 1. The maximum absolute atomic E-state index is 11.2. The molecule has 2 heterocycles. The third-order valence-electron chi connectivity index (χ3n) is 5.86. The topological polar surface area (TPSA) is 101 Å². The molecule has 0 aromatic carbocycles. The van der Waals surface area contributed by atoms with E-state index in [0.29, 0.717) is 5.92 Å². The second kappa shape index (κ2) is 17.0. The zero-order valence-electron chi connectivity index (χ0n) is 18.6. The fraction of sp³-hybridized carbons (Fsp3) is 0.905. The van der Waals surface area contributed by atoms with Crippen LogP contribution in [-0.4, -0.2) is 83.0 Å². The summed E-state index contributed by atoms with van der Waals surface area (Å²) < 4.78 is 11.2. The summed E-state index contributed by atoms with van der Waals surface area (Å²) in [6, 6.07) is 0. The standard InChI is InChI=1S/C21H41N5O3.HI/c1-23-21(25-10-4-14-29-17-18-7-15-28-16-8-18)24-9-2-3-11-26-12-5-19(6-13-26)20(22)27;/h18-19H,2-17H2,1H3,(H2,22,27)(H2,23,24,25);1H. The van der Waals surface area contributed by atoms with Crippen molar-refractivity contribution in [2.45, 2.75) is 44.9 Å². The van der Waals surface area contributed by atoms with Crippen LogP contribution in [0.2, 0.25) is 0 Å². The number of piperidine rings is 1. The second-order valence-corrected chi connectivity index (χ2v) is 8.14. The molecule has 4 N–H and O–H groups in total. The number of halogens is 1. The highest BCUT2D eigenvalue weighted by Gasteiger charge is 2.22. The van der Waals surface area contributed by atoms with E-state index in [1.54, 1.807) is 7.05 Å². The predicted molar refractivity (Wildman–Crippen MR) is 131 cm³/mol. The first-order valence-electron chi connectivity index (χ1n) is 11.3. The van der Waals surface area contributed by atoms with Crippen molar-refractivity contribution >= 4 is 35.8 Å². The number of likely N-dealkylation sites (tertiary alicyclic amines) is 1. The van der Waals surface area contributed by atoms with E-state index in [4.69, 9.17) is 15.2 Å². The zero-order valence-corrected chi connectivity index (χ0v) is 20.9. The van der Waals surface area contributed by atoms with Crippen LogP contribution in [0.5, 0.6) is 0 Å². The number of unbranched alkanes of at least 4 members (excludes halogenated alkanes) is 1. The monoisotopic (exact) mass is 539 g/mol. The number of hydrogen-bond donors (Lipinski definition) is 3. The van der Waals surface area contributed by atoms with Crippen molar-refractivity contribution in [3.8, 4) is 0 Å². The minimum Gasteiger partial charge on any atom is -0.381 e. The molecule has 9 heteroatoms. The van der Waals surface area contributed by atoms with Crippen LogP contribution < -0.4 is 16.4 Å². The molecule has 2 rings (SSSR count). The van der Waals surface area contributed by atoms with Crippen LogP contribution in [-0.2, 0) is 14.3 Å². The molecule has 2 aliphatic heterocycles. The molecule has 0 radical (unpaired) electrons. The normalized spacial score (nSPS) is 19.3. The van der Waals surface area contributed by atoms with Gasteiger partial charge in [-0.1, -0.05) is 0 Å². The van der Waals surface area contributed by atoms with E-state index >= 15 is 0 Å². The number of aliphatic imine (C=N–C) groups is 1. The van der Waals surface area contributed by atoms with E-state index in [1.165, 1.54) is 0 Å². The summed E-state index contributed by atoms with van der Waals surface area (Å²) in [6.07, 6.45) is 7.29. The summed E-state index contributed by atoms with van der Waals surface area (Å²) >= 11 is 0. The number of guanidine groups is 1. The van der Waals surface area contributed by atoms with Crippen LogP contribution in [0.3, 0.4) is 0 Å². The lowest BCUT2D eigenvalue weighted by Gasteiger charge is -2.30. The molecule has 0 aliphatic carbocycles. The van der Waals surface area contributed by atoms with Crippen LogP contribution in [0.4, 0.5) is 0 Å². The number of ether oxygens (including phenoxy) is 2. The summed E-state index contributed by atoms with van der Waals surface area (Å²) in [7, 11) is 1.81. The molecule has 176 valence electrons. The molecule has 0 aromatic rings. The Kier molecular flexibility index (Phi) is 15.5. The molecule has 2 saturated heterocycles. The van der Waals surface area contributed by atoms with Crippen LogP contribution in [0.25, 0.3) is 0 Å². The minimum atomic E-state index is -0.140. The highest BCUT2D eigenvalue weighted by Crippen LogP contribution is 2.17. The summed E-state index contributed by atoms with van der Waals surface area (Å²) in [4.78, 5) is 17.9. The first-order valence-corrected chi connectivity index (χ1v) is 11.3. The Hall–Kier alpha value is -0.650. The fourth-order valence-corrected chi connectivity index (χ4v) is 3.87. The Morgan fingerprint density at radius 1 is 1.10 bits per heavy atom. The Bertz CT molecular complexity index is 481. The van der Waals surface area contributed by atoms with Gasteiger partial charge in [-0.15, -0.1) is 24.0 Å². The lowest BCUT2D eigenvalue weighted by atomic mass is 9.96. The highest BCUT2D eigenvalue weighted by molar-refractivity contribution is 14.0. The third-order valence-corrected chi connectivity index (χ3v) is 5.86. The molecule has 0 atom stereocenters. The molecule has 0 aromatic heterocycles. The number of carbonyl (C=O) groups excluding carboxylic acids is 1. The number of nitrogens with zero attached hydrogens (tertiary/aromatic N) is 2. The molecule has 30 heavy (non-hydrogen) atoms. The third kappa shape index (κ3) is 11.7. The van der Waals surface area contributed by atoms with Gasteiger partial charge in [0.25, 0.3) is 0 Å². The first-order chi connectivity index (χ1) is 14.2. The van der Waals surface area contributed by atoms with Crippen LogP contribution in [0.15, 0.2) is 4.99 Å². The van der Waals surface area contributed by atoms with Crippen molar-refractivity contribution in [1.29, 1.82) is 0 Å². The van der Waals surface area contributed by atoms with Gasteiger partial charge in [0.1, 0.15) is 0 Å². The molecular formula is C21H42IN5O3. The van der Waals surface area contributed by atoms with Gasteiger partial charge in [-0.3, -0.25) is 9.79 Å². The number of primary amides is 1. The van der Waals surface area contributed by atoms with Gasteiger partial charge in [0.05, 0.1) is 0 Å². The molecule has 0 saturated carbocycles. The number of nitrogens with two attached hydrogens (primary N) is 1. The Balaban J connectivity index is 0.00000450. The highest BCUT2D eigenvalue weighted by atomic mass is 127. The zero-order chi connectivity index (χ0) is 20.7.